The van der Waals surface area contributed by atoms with Crippen LogP contribution in [-0.2, 0) is 9.47 Å². The maximum atomic E-state index is 12.9. The van der Waals surface area contributed by atoms with Gasteiger partial charge in [-0.15, -0.1) is 0 Å². The van der Waals surface area contributed by atoms with Crippen LogP contribution < -0.4 is 0 Å². The number of halogens is 1. The van der Waals surface area contributed by atoms with Crippen LogP contribution in [-0.4, -0.2) is 43.9 Å². The van der Waals surface area contributed by atoms with Crippen molar-refractivity contribution in [3.8, 4) is 0 Å². The Hall–Kier alpha value is -0.970. The molecule has 3 nitrogen and oxygen atoms in total. The van der Waals surface area contributed by atoms with Gasteiger partial charge in [-0.25, -0.2) is 4.39 Å². The molecule has 18 heavy (non-hydrogen) atoms. The van der Waals surface area contributed by atoms with Gasteiger partial charge in [0.25, 0.3) is 0 Å². The molecular weight excluding hydrogens is 233 g/mol. The van der Waals surface area contributed by atoms with Crippen molar-refractivity contribution in [2.24, 2.45) is 0 Å². The minimum absolute atomic E-state index is 0.0555. The van der Waals surface area contributed by atoms with Crippen LogP contribution in [0, 0.1) is 5.82 Å². The van der Waals surface area contributed by atoms with Gasteiger partial charge < -0.3 is 9.47 Å². The number of morpholine rings is 1. The third kappa shape index (κ3) is 2.55. The van der Waals surface area contributed by atoms with Crippen LogP contribution in [0.1, 0.15) is 18.1 Å². The summed E-state index contributed by atoms with van der Waals surface area (Å²) < 4.78 is 24.1. The van der Waals surface area contributed by atoms with Gasteiger partial charge in [0, 0.05) is 25.7 Å². The normalized spacial score (nSPS) is 29.6. The SMILES string of the molecule is Fc1ccc([C@@H]2CN([C@@H]3CCOC3)CCO2)cc1. The number of rotatable bonds is 2. The molecule has 0 spiro atoms. The van der Waals surface area contributed by atoms with Crippen molar-refractivity contribution < 1.29 is 13.9 Å². The molecule has 0 aromatic heterocycles. The first-order valence-corrected chi connectivity index (χ1v) is 6.52. The van der Waals surface area contributed by atoms with Gasteiger partial charge in [-0.05, 0) is 24.1 Å². The van der Waals surface area contributed by atoms with Gasteiger partial charge in [-0.2, -0.15) is 0 Å². The summed E-state index contributed by atoms with van der Waals surface area (Å²) in [5, 5.41) is 0. The largest absolute Gasteiger partial charge is 0.380 e. The summed E-state index contributed by atoms with van der Waals surface area (Å²) in [6.45, 7) is 4.27. The molecule has 1 aromatic carbocycles. The monoisotopic (exact) mass is 251 g/mol. The van der Waals surface area contributed by atoms with E-state index >= 15 is 0 Å². The fourth-order valence-corrected chi connectivity index (χ4v) is 2.69. The van der Waals surface area contributed by atoms with E-state index in [9.17, 15) is 4.39 Å². The van der Waals surface area contributed by atoms with Crippen molar-refractivity contribution in [2.75, 3.05) is 32.9 Å². The second kappa shape index (κ2) is 5.34. The Labute approximate surface area is 106 Å². The number of nitrogens with zero attached hydrogens (tertiary/aromatic N) is 1. The molecular formula is C14H18FNO2. The van der Waals surface area contributed by atoms with Crippen LogP contribution in [0.15, 0.2) is 24.3 Å². The van der Waals surface area contributed by atoms with Crippen LogP contribution in [0.25, 0.3) is 0 Å². The molecule has 0 N–H and O–H groups in total. The average molecular weight is 251 g/mol. The van der Waals surface area contributed by atoms with Gasteiger partial charge in [0.05, 0.1) is 19.3 Å². The first-order valence-electron chi connectivity index (χ1n) is 6.52. The summed E-state index contributed by atoms with van der Waals surface area (Å²) in [6.07, 6.45) is 1.16. The summed E-state index contributed by atoms with van der Waals surface area (Å²) >= 11 is 0. The molecule has 2 heterocycles. The van der Waals surface area contributed by atoms with Crippen LogP contribution >= 0.6 is 0 Å². The van der Waals surface area contributed by atoms with Gasteiger partial charge in [0.1, 0.15) is 5.82 Å². The summed E-state index contributed by atoms with van der Waals surface area (Å²) in [5.41, 5.74) is 1.06. The highest BCUT2D eigenvalue weighted by atomic mass is 19.1. The third-order valence-electron chi connectivity index (χ3n) is 3.76. The summed E-state index contributed by atoms with van der Waals surface area (Å²) in [5.74, 6) is -0.199. The molecule has 2 saturated heterocycles. The highest BCUT2D eigenvalue weighted by molar-refractivity contribution is 5.19. The minimum atomic E-state index is -0.199. The van der Waals surface area contributed by atoms with E-state index in [1.54, 1.807) is 0 Å². The number of benzene rings is 1. The van der Waals surface area contributed by atoms with E-state index in [4.69, 9.17) is 9.47 Å². The standard InChI is InChI=1S/C14H18FNO2/c15-12-3-1-11(2-4-12)14-9-16(6-8-18-14)13-5-7-17-10-13/h1-4,13-14H,5-10H2/t13-,14+/m1/s1. The van der Waals surface area contributed by atoms with Crippen molar-refractivity contribution in [3.05, 3.63) is 35.6 Å². The topological polar surface area (TPSA) is 21.7 Å². The smallest absolute Gasteiger partial charge is 0.123 e. The lowest BCUT2D eigenvalue weighted by molar-refractivity contribution is -0.0456. The first-order chi connectivity index (χ1) is 8.83. The lowest BCUT2D eigenvalue weighted by atomic mass is 10.1. The van der Waals surface area contributed by atoms with Crippen molar-refractivity contribution in [2.45, 2.75) is 18.6 Å². The molecule has 0 radical (unpaired) electrons. The summed E-state index contributed by atoms with van der Waals surface area (Å²) in [4.78, 5) is 2.44. The van der Waals surface area contributed by atoms with E-state index in [0.29, 0.717) is 6.04 Å². The molecule has 2 aliphatic rings. The molecule has 0 unspecified atom stereocenters. The third-order valence-corrected chi connectivity index (χ3v) is 3.76. The molecule has 0 bridgehead atoms. The summed E-state index contributed by atoms with van der Waals surface area (Å²) in [7, 11) is 0. The molecule has 1 aromatic rings. The number of hydrogen-bond donors (Lipinski definition) is 0. The van der Waals surface area contributed by atoms with Crippen molar-refractivity contribution >= 4 is 0 Å². The molecule has 2 atom stereocenters. The maximum absolute atomic E-state index is 12.9. The second-order valence-electron chi connectivity index (χ2n) is 4.92. The first kappa shape index (κ1) is 12.1. The highest BCUT2D eigenvalue weighted by Gasteiger charge is 2.29. The number of hydrogen-bond acceptors (Lipinski definition) is 3. The zero-order chi connectivity index (χ0) is 12.4. The van der Waals surface area contributed by atoms with Crippen molar-refractivity contribution in [1.82, 2.24) is 4.90 Å². The predicted molar refractivity (Wildman–Crippen MR) is 65.9 cm³/mol. The van der Waals surface area contributed by atoms with Crippen LogP contribution in [0.3, 0.4) is 0 Å². The molecule has 0 aliphatic carbocycles. The van der Waals surface area contributed by atoms with Gasteiger partial charge in [0.2, 0.25) is 0 Å². The Morgan fingerprint density at radius 2 is 2.00 bits per heavy atom. The van der Waals surface area contributed by atoms with E-state index in [2.05, 4.69) is 4.90 Å². The molecule has 0 amide bonds. The predicted octanol–water partition coefficient (Wildman–Crippen LogP) is 1.99. The summed E-state index contributed by atoms with van der Waals surface area (Å²) in [6, 6.07) is 7.15. The van der Waals surface area contributed by atoms with Gasteiger partial charge in [0.15, 0.2) is 0 Å². The Morgan fingerprint density at radius 3 is 2.72 bits per heavy atom. The van der Waals surface area contributed by atoms with Crippen LogP contribution in [0.4, 0.5) is 4.39 Å². The van der Waals surface area contributed by atoms with E-state index in [0.717, 1.165) is 44.9 Å². The Kier molecular flexibility index (Phi) is 3.59. The van der Waals surface area contributed by atoms with E-state index < -0.39 is 0 Å². The lowest BCUT2D eigenvalue weighted by Gasteiger charge is -2.36. The van der Waals surface area contributed by atoms with E-state index in [-0.39, 0.29) is 11.9 Å². The van der Waals surface area contributed by atoms with Crippen LogP contribution in [0.5, 0.6) is 0 Å². The molecule has 0 saturated carbocycles. The minimum Gasteiger partial charge on any atom is -0.380 e. The van der Waals surface area contributed by atoms with E-state index in [1.807, 2.05) is 12.1 Å². The van der Waals surface area contributed by atoms with Crippen molar-refractivity contribution in [3.63, 3.8) is 0 Å². The Morgan fingerprint density at radius 1 is 1.17 bits per heavy atom. The zero-order valence-electron chi connectivity index (χ0n) is 10.3. The van der Waals surface area contributed by atoms with Crippen LogP contribution in [0.2, 0.25) is 0 Å². The Bertz CT molecular complexity index is 389. The molecule has 2 aliphatic heterocycles. The molecule has 3 rings (SSSR count). The fourth-order valence-electron chi connectivity index (χ4n) is 2.69. The molecule has 2 fully saturated rings. The zero-order valence-corrected chi connectivity index (χ0v) is 10.3. The highest BCUT2D eigenvalue weighted by Crippen LogP contribution is 2.25. The van der Waals surface area contributed by atoms with Gasteiger partial charge >= 0.3 is 0 Å². The fraction of sp³-hybridized carbons (Fsp3) is 0.571. The average Bonchev–Trinajstić information content (AvgIpc) is 2.94. The van der Waals surface area contributed by atoms with Crippen molar-refractivity contribution in [1.29, 1.82) is 0 Å². The quantitative estimate of drug-likeness (QED) is 0.802. The molecule has 98 valence electrons. The maximum Gasteiger partial charge on any atom is 0.123 e. The second-order valence-corrected chi connectivity index (χ2v) is 4.92. The van der Waals surface area contributed by atoms with Gasteiger partial charge in [-0.1, -0.05) is 12.1 Å². The van der Waals surface area contributed by atoms with E-state index in [1.165, 1.54) is 12.1 Å². The Balaban J connectivity index is 1.67. The molecule has 4 heteroatoms. The van der Waals surface area contributed by atoms with Gasteiger partial charge in [-0.3, -0.25) is 4.90 Å². The lowest BCUT2D eigenvalue weighted by Crippen LogP contribution is -2.45. The number of ether oxygens (including phenoxy) is 2.